The summed E-state index contributed by atoms with van der Waals surface area (Å²) in [6.45, 7) is 3.09. The molecule has 0 saturated carbocycles. The van der Waals surface area contributed by atoms with E-state index in [2.05, 4.69) is 5.32 Å². The van der Waals surface area contributed by atoms with E-state index in [4.69, 9.17) is 16.3 Å². The van der Waals surface area contributed by atoms with E-state index in [-0.39, 0.29) is 11.1 Å². The summed E-state index contributed by atoms with van der Waals surface area (Å²) in [5, 5.41) is 3.28. The molecule has 0 bridgehead atoms. The number of carbonyl (C=O) groups excluding carboxylic acids is 4. The van der Waals surface area contributed by atoms with Crippen molar-refractivity contribution in [1.82, 2.24) is 4.90 Å². The van der Waals surface area contributed by atoms with E-state index in [1.54, 1.807) is 36.4 Å². The van der Waals surface area contributed by atoms with Gasteiger partial charge in [-0.2, -0.15) is 0 Å². The Balaban J connectivity index is 1.56. The van der Waals surface area contributed by atoms with Gasteiger partial charge in [0.1, 0.15) is 6.54 Å². The third-order valence-corrected chi connectivity index (χ3v) is 5.81. The van der Waals surface area contributed by atoms with E-state index in [0.29, 0.717) is 16.3 Å². The first-order valence-corrected chi connectivity index (χ1v) is 10.9. The number of ether oxygens (including phenoxy) is 1. The number of halogens is 1. The van der Waals surface area contributed by atoms with Gasteiger partial charge in [0, 0.05) is 16.3 Å². The van der Waals surface area contributed by atoms with Gasteiger partial charge in [-0.3, -0.25) is 24.1 Å². The van der Waals surface area contributed by atoms with Crippen LogP contribution in [0.25, 0.3) is 0 Å². The van der Waals surface area contributed by atoms with Gasteiger partial charge in [0.2, 0.25) is 6.10 Å². The maximum absolute atomic E-state index is 13.2. The van der Waals surface area contributed by atoms with E-state index < -0.39 is 36.3 Å². The van der Waals surface area contributed by atoms with E-state index in [0.717, 1.165) is 16.0 Å². The average molecular weight is 477 g/mol. The Morgan fingerprint density at radius 3 is 2.00 bits per heavy atom. The second-order valence-corrected chi connectivity index (χ2v) is 8.36. The number of carbonyl (C=O) groups is 4. The van der Waals surface area contributed by atoms with E-state index >= 15 is 0 Å². The summed E-state index contributed by atoms with van der Waals surface area (Å²) in [7, 11) is 0. The van der Waals surface area contributed by atoms with E-state index in [1.807, 2.05) is 32.0 Å². The summed E-state index contributed by atoms with van der Waals surface area (Å²) in [4.78, 5) is 52.0. The SMILES string of the molecule is Cc1cccc(C)c1NC(=O)[C@H](OC(=O)CN1C(=O)c2ccccc2C1=O)c1ccc(Cl)cc1. The van der Waals surface area contributed by atoms with Crippen molar-refractivity contribution in [3.63, 3.8) is 0 Å². The van der Waals surface area contributed by atoms with Crippen LogP contribution < -0.4 is 5.32 Å². The van der Waals surface area contributed by atoms with Gasteiger partial charge in [0.25, 0.3) is 17.7 Å². The highest BCUT2D eigenvalue weighted by atomic mass is 35.5. The highest BCUT2D eigenvalue weighted by Gasteiger charge is 2.37. The van der Waals surface area contributed by atoms with Gasteiger partial charge >= 0.3 is 5.97 Å². The number of imide groups is 1. The first kappa shape index (κ1) is 23.2. The first-order chi connectivity index (χ1) is 16.3. The Hall–Kier alpha value is -3.97. The molecule has 0 fully saturated rings. The zero-order chi connectivity index (χ0) is 24.4. The number of para-hydroxylation sites is 1. The van der Waals surface area contributed by atoms with Crippen molar-refractivity contribution in [1.29, 1.82) is 0 Å². The van der Waals surface area contributed by atoms with Crippen LogP contribution in [0.15, 0.2) is 66.7 Å². The molecule has 1 heterocycles. The molecule has 3 amide bonds. The third kappa shape index (κ3) is 4.56. The number of nitrogens with zero attached hydrogens (tertiary/aromatic N) is 1. The second kappa shape index (κ2) is 9.49. The molecule has 1 N–H and O–H groups in total. The average Bonchev–Trinajstić information content (AvgIpc) is 3.05. The van der Waals surface area contributed by atoms with Crippen LogP contribution >= 0.6 is 11.6 Å². The molecule has 0 spiro atoms. The number of hydrogen-bond acceptors (Lipinski definition) is 5. The number of hydrogen-bond donors (Lipinski definition) is 1. The molecule has 0 aliphatic carbocycles. The van der Waals surface area contributed by atoms with Gasteiger partial charge in [-0.15, -0.1) is 0 Å². The number of anilines is 1. The first-order valence-electron chi connectivity index (χ1n) is 10.5. The summed E-state index contributed by atoms with van der Waals surface area (Å²) < 4.78 is 5.51. The third-order valence-electron chi connectivity index (χ3n) is 5.55. The molecule has 34 heavy (non-hydrogen) atoms. The summed E-state index contributed by atoms with van der Waals surface area (Å²) in [5.41, 5.74) is 3.15. The molecule has 1 atom stereocenters. The fraction of sp³-hybridized carbons (Fsp3) is 0.154. The Morgan fingerprint density at radius 2 is 1.44 bits per heavy atom. The minimum atomic E-state index is -1.32. The van der Waals surface area contributed by atoms with Crippen LogP contribution in [0.4, 0.5) is 5.69 Å². The highest BCUT2D eigenvalue weighted by molar-refractivity contribution is 6.30. The monoisotopic (exact) mass is 476 g/mol. The van der Waals surface area contributed by atoms with Gasteiger partial charge in [-0.25, -0.2) is 0 Å². The van der Waals surface area contributed by atoms with Crippen molar-refractivity contribution in [3.05, 3.63) is 99.6 Å². The van der Waals surface area contributed by atoms with Crippen LogP contribution in [0.1, 0.15) is 43.5 Å². The second-order valence-electron chi connectivity index (χ2n) is 7.92. The number of esters is 1. The molecule has 3 aromatic carbocycles. The molecule has 0 unspecified atom stereocenters. The Kier molecular flexibility index (Phi) is 6.47. The van der Waals surface area contributed by atoms with Crippen molar-refractivity contribution in [2.75, 3.05) is 11.9 Å². The van der Waals surface area contributed by atoms with Crippen LogP contribution in [0, 0.1) is 13.8 Å². The lowest BCUT2D eigenvalue weighted by Crippen LogP contribution is -2.37. The number of benzene rings is 3. The fourth-order valence-electron chi connectivity index (χ4n) is 3.79. The highest BCUT2D eigenvalue weighted by Crippen LogP contribution is 2.27. The molecule has 0 radical (unpaired) electrons. The van der Waals surface area contributed by atoms with Gasteiger partial charge in [-0.1, -0.05) is 54.1 Å². The number of nitrogens with one attached hydrogen (secondary N) is 1. The molecule has 0 aromatic heterocycles. The lowest BCUT2D eigenvalue weighted by molar-refractivity contribution is -0.154. The topological polar surface area (TPSA) is 92.8 Å². The number of fused-ring (bicyclic) bond motifs is 1. The number of rotatable bonds is 6. The minimum absolute atomic E-state index is 0.224. The van der Waals surface area contributed by atoms with E-state index in [1.165, 1.54) is 12.1 Å². The maximum Gasteiger partial charge on any atom is 0.327 e. The summed E-state index contributed by atoms with van der Waals surface area (Å²) >= 11 is 5.97. The predicted molar refractivity (Wildman–Crippen MR) is 127 cm³/mol. The standard InChI is InChI=1S/C26H21ClN2O5/c1-15-6-5-7-16(2)22(15)28-24(31)23(17-10-12-18(27)13-11-17)34-21(30)14-29-25(32)19-8-3-4-9-20(19)26(29)33/h3-13,23H,14H2,1-2H3,(H,28,31)/t23-/m1/s1. The fourth-order valence-corrected chi connectivity index (χ4v) is 3.92. The van der Waals surface area contributed by atoms with Gasteiger partial charge in [0.15, 0.2) is 0 Å². The van der Waals surface area contributed by atoms with Crippen molar-refractivity contribution < 1.29 is 23.9 Å². The summed E-state index contributed by atoms with van der Waals surface area (Å²) in [6, 6.07) is 18.2. The number of aryl methyl sites for hydroxylation is 2. The largest absolute Gasteiger partial charge is 0.446 e. The lowest BCUT2D eigenvalue weighted by atomic mass is 10.1. The molecule has 8 heteroatoms. The Bertz CT molecular complexity index is 1250. The van der Waals surface area contributed by atoms with Crippen LogP contribution in [0.3, 0.4) is 0 Å². The minimum Gasteiger partial charge on any atom is -0.446 e. The maximum atomic E-state index is 13.2. The molecule has 1 aliphatic heterocycles. The zero-order valence-corrected chi connectivity index (χ0v) is 19.3. The van der Waals surface area contributed by atoms with Crippen LogP contribution in [-0.2, 0) is 14.3 Å². The van der Waals surface area contributed by atoms with Crippen LogP contribution in [0.2, 0.25) is 5.02 Å². The van der Waals surface area contributed by atoms with E-state index in [9.17, 15) is 19.2 Å². The molecule has 4 rings (SSSR count). The Morgan fingerprint density at radius 1 is 0.882 bits per heavy atom. The van der Waals surface area contributed by atoms with Crippen molar-refractivity contribution in [3.8, 4) is 0 Å². The molecule has 0 saturated heterocycles. The molecule has 3 aromatic rings. The van der Waals surface area contributed by atoms with Crippen LogP contribution in [-0.4, -0.2) is 35.1 Å². The van der Waals surface area contributed by atoms with Crippen molar-refractivity contribution in [2.24, 2.45) is 0 Å². The molecule has 172 valence electrons. The summed E-state index contributed by atoms with van der Waals surface area (Å²) in [5.74, 6) is -2.64. The molecule has 7 nitrogen and oxygen atoms in total. The van der Waals surface area contributed by atoms with Gasteiger partial charge in [0.05, 0.1) is 11.1 Å². The number of amides is 3. The van der Waals surface area contributed by atoms with Crippen LogP contribution in [0.5, 0.6) is 0 Å². The molecule has 1 aliphatic rings. The van der Waals surface area contributed by atoms with Gasteiger partial charge < -0.3 is 10.1 Å². The summed E-state index contributed by atoms with van der Waals surface area (Å²) in [6.07, 6.45) is -1.32. The van der Waals surface area contributed by atoms with Gasteiger partial charge in [-0.05, 0) is 49.2 Å². The smallest absolute Gasteiger partial charge is 0.327 e. The quantitative estimate of drug-likeness (QED) is 0.418. The molecular weight excluding hydrogens is 456 g/mol. The normalized spacial score (nSPS) is 13.4. The van der Waals surface area contributed by atoms with Crippen molar-refractivity contribution >= 4 is 41.0 Å². The predicted octanol–water partition coefficient (Wildman–Crippen LogP) is 4.48. The zero-order valence-electron chi connectivity index (χ0n) is 18.5. The lowest BCUT2D eigenvalue weighted by Gasteiger charge is -2.21. The Labute approximate surface area is 201 Å². The molecular formula is C26H21ClN2O5. The van der Waals surface area contributed by atoms with Crippen molar-refractivity contribution in [2.45, 2.75) is 20.0 Å².